The average Bonchev–Trinajstić information content (AvgIpc) is 2.29. The molecule has 0 fully saturated rings. The van der Waals surface area contributed by atoms with Crippen LogP contribution in [-0.2, 0) is 0 Å². The lowest BCUT2D eigenvalue weighted by atomic mass is 10.2. The molecule has 0 radical (unpaired) electrons. The van der Waals surface area contributed by atoms with Gasteiger partial charge in [0.1, 0.15) is 5.69 Å². The van der Waals surface area contributed by atoms with Crippen molar-refractivity contribution in [2.24, 2.45) is 0 Å². The molecule has 5 heteroatoms. The van der Waals surface area contributed by atoms with Gasteiger partial charge in [0.05, 0.1) is 4.92 Å². The number of nitro groups is 1. The van der Waals surface area contributed by atoms with Crippen LogP contribution in [0.5, 0.6) is 0 Å². The van der Waals surface area contributed by atoms with E-state index in [4.69, 9.17) is 0 Å². The first kappa shape index (κ1) is 11.8. The molecule has 0 aliphatic rings. The number of para-hydroxylation sites is 2. The van der Waals surface area contributed by atoms with Gasteiger partial charge in [-0.05, 0) is 46.9 Å². The lowest BCUT2D eigenvalue weighted by molar-refractivity contribution is -0.383. The van der Waals surface area contributed by atoms with Crippen molar-refractivity contribution in [3.05, 3.63) is 62.2 Å². The molecule has 86 valence electrons. The van der Waals surface area contributed by atoms with Gasteiger partial charge in [0, 0.05) is 15.3 Å². The van der Waals surface area contributed by atoms with Crippen LogP contribution in [0, 0.1) is 13.7 Å². The molecule has 0 bridgehead atoms. The summed E-state index contributed by atoms with van der Waals surface area (Å²) in [5, 5.41) is 13.9. The molecule has 4 nitrogen and oxygen atoms in total. The van der Waals surface area contributed by atoms with E-state index in [0.29, 0.717) is 5.69 Å². The third-order valence-corrected chi connectivity index (χ3v) is 2.88. The first-order valence-corrected chi connectivity index (χ1v) is 6.01. The van der Waals surface area contributed by atoms with E-state index >= 15 is 0 Å². The SMILES string of the molecule is O=[N+]([O-])c1ccccc1Nc1cccc(I)c1. The summed E-state index contributed by atoms with van der Waals surface area (Å²) in [6.45, 7) is 0. The van der Waals surface area contributed by atoms with Crippen LogP contribution in [0.1, 0.15) is 0 Å². The zero-order chi connectivity index (χ0) is 12.3. The second kappa shape index (κ2) is 5.13. The minimum atomic E-state index is -0.393. The fourth-order valence-corrected chi connectivity index (χ4v) is 2.00. The Balaban J connectivity index is 2.33. The molecule has 2 aromatic rings. The lowest BCUT2D eigenvalue weighted by Gasteiger charge is -2.06. The van der Waals surface area contributed by atoms with E-state index in [1.165, 1.54) is 6.07 Å². The highest BCUT2D eigenvalue weighted by atomic mass is 127. The first-order valence-electron chi connectivity index (χ1n) is 4.93. The van der Waals surface area contributed by atoms with Crippen LogP contribution in [0.25, 0.3) is 0 Å². The molecule has 0 saturated carbocycles. The van der Waals surface area contributed by atoms with Crippen LogP contribution in [-0.4, -0.2) is 4.92 Å². The molecule has 0 saturated heterocycles. The number of hydrogen-bond donors (Lipinski definition) is 1. The molecule has 0 atom stereocenters. The third-order valence-electron chi connectivity index (χ3n) is 2.20. The van der Waals surface area contributed by atoms with E-state index in [1.807, 2.05) is 24.3 Å². The van der Waals surface area contributed by atoms with E-state index in [-0.39, 0.29) is 5.69 Å². The number of anilines is 2. The smallest absolute Gasteiger partial charge is 0.292 e. The standard InChI is InChI=1S/C12H9IN2O2/c13-9-4-3-5-10(8-9)14-11-6-1-2-7-12(11)15(16)17/h1-8,14H. The molecule has 1 N–H and O–H groups in total. The summed E-state index contributed by atoms with van der Waals surface area (Å²) in [7, 11) is 0. The Hall–Kier alpha value is -1.63. The predicted octanol–water partition coefficient (Wildman–Crippen LogP) is 3.94. The summed E-state index contributed by atoms with van der Waals surface area (Å²) < 4.78 is 1.08. The second-order valence-corrected chi connectivity index (χ2v) is 4.66. The Bertz CT molecular complexity index is 558. The Morgan fingerprint density at radius 3 is 2.59 bits per heavy atom. The van der Waals surface area contributed by atoms with Crippen LogP contribution >= 0.6 is 22.6 Å². The number of nitrogens with one attached hydrogen (secondary N) is 1. The van der Waals surface area contributed by atoms with Crippen LogP contribution in [0.15, 0.2) is 48.5 Å². The zero-order valence-electron chi connectivity index (χ0n) is 8.76. The molecule has 0 heterocycles. The maximum absolute atomic E-state index is 10.8. The van der Waals surface area contributed by atoms with E-state index in [1.54, 1.807) is 18.2 Å². The number of nitro benzene ring substituents is 1. The van der Waals surface area contributed by atoms with Gasteiger partial charge < -0.3 is 5.32 Å². The average molecular weight is 340 g/mol. The Morgan fingerprint density at radius 1 is 1.12 bits per heavy atom. The van der Waals surface area contributed by atoms with Gasteiger partial charge in [-0.3, -0.25) is 10.1 Å². The van der Waals surface area contributed by atoms with E-state index in [9.17, 15) is 10.1 Å². The molecular formula is C12H9IN2O2. The lowest BCUT2D eigenvalue weighted by Crippen LogP contribution is -1.96. The van der Waals surface area contributed by atoms with Crippen LogP contribution < -0.4 is 5.32 Å². The summed E-state index contributed by atoms with van der Waals surface area (Å²) >= 11 is 2.20. The van der Waals surface area contributed by atoms with Crippen molar-refractivity contribution >= 4 is 39.7 Å². The van der Waals surface area contributed by atoms with Crippen LogP contribution in [0.3, 0.4) is 0 Å². The first-order chi connectivity index (χ1) is 8.16. The minimum Gasteiger partial charge on any atom is -0.350 e. The van der Waals surface area contributed by atoms with Crippen LogP contribution in [0.4, 0.5) is 17.1 Å². The fraction of sp³-hybridized carbons (Fsp3) is 0. The molecule has 2 rings (SSSR count). The van der Waals surface area contributed by atoms with Crippen molar-refractivity contribution in [1.29, 1.82) is 0 Å². The third kappa shape index (κ3) is 2.94. The normalized spacial score (nSPS) is 9.94. The highest BCUT2D eigenvalue weighted by molar-refractivity contribution is 14.1. The Labute approximate surface area is 112 Å². The van der Waals surface area contributed by atoms with E-state index in [0.717, 1.165) is 9.26 Å². The number of halogens is 1. The van der Waals surface area contributed by atoms with Crippen molar-refractivity contribution in [3.8, 4) is 0 Å². The summed E-state index contributed by atoms with van der Waals surface area (Å²) in [5.41, 5.74) is 1.41. The second-order valence-electron chi connectivity index (χ2n) is 3.41. The van der Waals surface area contributed by atoms with Crippen LogP contribution in [0.2, 0.25) is 0 Å². The van der Waals surface area contributed by atoms with Gasteiger partial charge in [0.15, 0.2) is 0 Å². The summed E-state index contributed by atoms with van der Waals surface area (Å²) in [4.78, 5) is 10.5. The maximum Gasteiger partial charge on any atom is 0.292 e. The predicted molar refractivity (Wildman–Crippen MR) is 75.5 cm³/mol. The highest BCUT2D eigenvalue weighted by Crippen LogP contribution is 2.27. The molecule has 0 amide bonds. The molecule has 0 aliphatic heterocycles. The zero-order valence-corrected chi connectivity index (χ0v) is 10.9. The van der Waals surface area contributed by atoms with Crippen molar-refractivity contribution in [2.45, 2.75) is 0 Å². The van der Waals surface area contributed by atoms with Gasteiger partial charge in [-0.15, -0.1) is 0 Å². The maximum atomic E-state index is 10.8. The molecule has 0 aromatic heterocycles. The van der Waals surface area contributed by atoms with E-state index in [2.05, 4.69) is 27.9 Å². The van der Waals surface area contributed by atoms with Gasteiger partial charge in [-0.25, -0.2) is 0 Å². The van der Waals surface area contributed by atoms with Crippen molar-refractivity contribution in [1.82, 2.24) is 0 Å². The van der Waals surface area contributed by atoms with Crippen molar-refractivity contribution < 1.29 is 4.92 Å². The minimum absolute atomic E-state index is 0.0753. The fourth-order valence-electron chi connectivity index (χ4n) is 1.46. The molecule has 0 unspecified atom stereocenters. The van der Waals surface area contributed by atoms with Gasteiger partial charge in [0.2, 0.25) is 0 Å². The molecule has 17 heavy (non-hydrogen) atoms. The molecule has 0 spiro atoms. The van der Waals surface area contributed by atoms with E-state index < -0.39 is 4.92 Å². The monoisotopic (exact) mass is 340 g/mol. The molecular weight excluding hydrogens is 331 g/mol. The quantitative estimate of drug-likeness (QED) is 0.523. The van der Waals surface area contributed by atoms with Crippen molar-refractivity contribution in [3.63, 3.8) is 0 Å². The summed E-state index contributed by atoms with van der Waals surface area (Å²) in [6, 6.07) is 14.3. The topological polar surface area (TPSA) is 55.2 Å². The van der Waals surface area contributed by atoms with Gasteiger partial charge >= 0.3 is 0 Å². The van der Waals surface area contributed by atoms with Gasteiger partial charge in [-0.1, -0.05) is 18.2 Å². The van der Waals surface area contributed by atoms with Gasteiger partial charge in [-0.2, -0.15) is 0 Å². The highest BCUT2D eigenvalue weighted by Gasteiger charge is 2.11. The number of benzene rings is 2. The summed E-state index contributed by atoms with van der Waals surface area (Å²) in [5.74, 6) is 0. The Morgan fingerprint density at radius 2 is 1.88 bits per heavy atom. The number of nitrogens with zero attached hydrogens (tertiary/aromatic N) is 1. The largest absolute Gasteiger partial charge is 0.350 e. The number of rotatable bonds is 3. The van der Waals surface area contributed by atoms with Gasteiger partial charge in [0.25, 0.3) is 5.69 Å². The van der Waals surface area contributed by atoms with Crippen molar-refractivity contribution in [2.75, 3.05) is 5.32 Å². The molecule has 0 aliphatic carbocycles. The summed E-state index contributed by atoms with van der Waals surface area (Å²) in [6.07, 6.45) is 0. The molecule has 2 aromatic carbocycles. The number of hydrogen-bond acceptors (Lipinski definition) is 3. The Kier molecular flexibility index (Phi) is 3.58.